The molecule has 1 aromatic carbocycles. The number of halogens is 1. The van der Waals surface area contributed by atoms with Crippen molar-refractivity contribution in [2.75, 3.05) is 32.2 Å². The molecule has 0 bridgehead atoms. The number of ether oxygens (including phenoxy) is 2. The number of methoxy groups -OCH3 is 1. The van der Waals surface area contributed by atoms with Crippen molar-refractivity contribution in [3.05, 3.63) is 24.3 Å². The van der Waals surface area contributed by atoms with Crippen LogP contribution in [-0.4, -0.2) is 32.8 Å². The first-order chi connectivity index (χ1) is 10.2. The molecular formula is C16H25ClN2O3. The second kappa shape index (κ2) is 9.66. The lowest BCUT2D eigenvalue weighted by Gasteiger charge is -2.17. The summed E-state index contributed by atoms with van der Waals surface area (Å²) in [5.41, 5.74) is 6.50. The Bertz CT molecular complexity index is 470. The summed E-state index contributed by atoms with van der Waals surface area (Å²) in [5, 5.41) is 2.97. The first-order valence-corrected chi connectivity index (χ1v) is 7.47. The zero-order valence-corrected chi connectivity index (χ0v) is 13.7. The first-order valence-electron chi connectivity index (χ1n) is 7.47. The summed E-state index contributed by atoms with van der Waals surface area (Å²) in [6.45, 7) is 1.61. The van der Waals surface area contributed by atoms with Gasteiger partial charge in [-0.25, -0.2) is 0 Å². The number of hydrogen-bond acceptors (Lipinski definition) is 4. The van der Waals surface area contributed by atoms with E-state index in [9.17, 15) is 4.79 Å². The number of anilines is 1. The second-order valence-electron chi connectivity index (χ2n) is 5.39. The van der Waals surface area contributed by atoms with Gasteiger partial charge in [-0.3, -0.25) is 4.79 Å². The summed E-state index contributed by atoms with van der Waals surface area (Å²) < 4.78 is 10.5. The van der Waals surface area contributed by atoms with Gasteiger partial charge in [0.25, 0.3) is 0 Å². The van der Waals surface area contributed by atoms with Gasteiger partial charge in [0, 0.05) is 24.8 Å². The third-order valence-electron chi connectivity index (χ3n) is 3.96. The molecule has 1 aliphatic rings. The van der Waals surface area contributed by atoms with E-state index in [2.05, 4.69) is 5.32 Å². The highest BCUT2D eigenvalue weighted by Crippen LogP contribution is 2.32. The minimum Gasteiger partial charge on any atom is -0.491 e. The van der Waals surface area contributed by atoms with Crippen LogP contribution in [0.15, 0.2) is 24.3 Å². The van der Waals surface area contributed by atoms with E-state index < -0.39 is 0 Å². The van der Waals surface area contributed by atoms with Crippen LogP contribution in [0.2, 0.25) is 0 Å². The molecule has 0 unspecified atom stereocenters. The van der Waals surface area contributed by atoms with Crippen molar-refractivity contribution in [3.63, 3.8) is 0 Å². The van der Waals surface area contributed by atoms with E-state index in [0.29, 0.717) is 25.7 Å². The molecule has 0 aromatic heterocycles. The molecule has 1 saturated carbocycles. The Morgan fingerprint density at radius 3 is 2.91 bits per heavy atom. The molecule has 3 N–H and O–H groups in total. The third kappa shape index (κ3) is 5.16. The van der Waals surface area contributed by atoms with Gasteiger partial charge in [-0.2, -0.15) is 0 Å². The Morgan fingerprint density at radius 1 is 1.36 bits per heavy atom. The number of benzene rings is 1. The van der Waals surface area contributed by atoms with Gasteiger partial charge < -0.3 is 20.5 Å². The van der Waals surface area contributed by atoms with Crippen molar-refractivity contribution in [2.45, 2.75) is 19.3 Å². The van der Waals surface area contributed by atoms with Crippen LogP contribution in [0.4, 0.5) is 5.69 Å². The van der Waals surface area contributed by atoms with E-state index in [-0.39, 0.29) is 24.2 Å². The zero-order chi connectivity index (χ0) is 15.1. The molecule has 22 heavy (non-hydrogen) atoms. The Hall–Kier alpha value is -1.30. The minimum atomic E-state index is 0. The topological polar surface area (TPSA) is 73.6 Å². The van der Waals surface area contributed by atoms with Crippen LogP contribution >= 0.6 is 12.4 Å². The molecule has 0 saturated heterocycles. The van der Waals surface area contributed by atoms with Gasteiger partial charge in [0.05, 0.1) is 6.61 Å². The van der Waals surface area contributed by atoms with Crippen LogP contribution in [0.5, 0.6) is 5.75 Å². The van der Waals surface area contributed by atoms with E-state index >= 15 is 0 Å². The monoisotopic (exact) mass is 328 g/mol. The maximum atomic E-state index is 12.3. The van der Waals surface area contributed by atoms with E-state index in [4.69, 9.17) is 15.2 Å². The molecule has 0 aliphatic heterocycles. The molecule has 1 aromatic rings. The molecule has 1 aliphatic carbocycles. The van der Waals surface area contributed by atoms with Crippen LogP contribution in [0, 0.1) is 11.8 Å². The van der Waals surface area contributed by atoms with Crippen LogP contribution in [0.25, 0.3) is 0 Å². The van der Waals surface area contributed by atoms with Gasteiger partial charge in [-0.1, -0.05) is 12.5 Å². The summed E-state index contributed by atoms with van der Waals surface area (Å²) in [6, 6.07) is 7.43. The predicted octanol–water partition coefficient (Wildman–Crippen LogP) is 2.45. The fourth-order valence-corrected chi connectivity index (χ4v) is 2.81. The molecule has 1 amide bonds. The van der Waals surface area contributed by atoms with Crippen molar-refractivity contribution in [2.24, 2.45) is 17.6 Å². The summed E-state index contributed by atoms with van der Waals surface area (Å²) in [6.07, 6.45) is 3.06. The lowest BCUT2D eigenvalue weighted by atomic mass is 9.95. The SMILES string of the molecule is COCCOc1cccc(NC(=O)[C@@H]2CCC[C@@H]2CN)c1.Cl. The van der Waals surface area contributed by atoms with Gasteiger partial charge in [0.15, 0.2) is 0 Å². The average molecular weight is 329 g/mol. The van der Waals surface area contributed by atoms with Crippen molar-refractivity contribution in [1.82, 2.24) is 0 Å². The lowest BCUT2D eigenvalue weighted by molar-refractivity contribution is -0.120. The summed E-state index contributed by atoms with van der Waals surface area (Å²) >= 11 is 0. The number of nitrogens with two attached hydrogens (primary N) is 1. The quantitative estimate of drug-likeness (QED) is 0.754. The van der Waals surface area contributed by atoms with Gasteiger partial charge in [-0.15, -0.1) is 12.4 Å². The number of rotatable bonds is 7. The Morgan fingerprint density at radius 2 is 2.18 bits per heavy atom. The summed E-state index contributed by atoms with van der Waals surface area (Å²) in [7, 11) is 1.63. The van der Waals surface area contributed by atoms with Crippen LogP contribution in [0.1, 0.15) is 19.3 Å². The van der Waals surface area contributed by atoms with Crippen molar-refractivity contribution in [1.29, 1.82) is 0 Å². The number of hydrogen-bond donors (Lipinski definition) is 2. The molecule has 5 nitrogen and oxygen atoms in total. The van der Waals surface area contributed by atoms with E-state index in [0.717, 1.165) is 30.7 Å². The maximum Gasteiger partial charge on any atom is 0.227 e. The normalized spacial score (nSPS) is 20.3. The maximum absolute atomic E-state index is 12.3. The highest BCUT2D eigenvalue weighted by Gasteiger charge is 2.31. The van der Waals surface area contributed by atoms with Crippen LogP contribution < -0.4 is 15.8 Å². The Balaban J connectivity index is 0.00000242. The number of amides is 1. The highest BCUT2D eigenvalue weighted by atomic mass is 35.5. The van der Waals surface area contributed by atoms with Gasteiger partial charge in [-0.05, 0) is 37.4 Å². The number of carbonyl (C=O) groups excluding carboxylic acids is 1. The molecule has 1 fully saturated rings. The predicted molar refractivity (Wildman–Crippen MR) is 89.6 cm³/mol. The molecule has 2 rings (SSSR count). The highest BCUT2D eigenvalue weighted by molar-refractivity contribution is 5.93. The molecule has 2 atom stereocenters. The van der Waals surface area contributed by atoms with Crippen molar-refractivity contribution < 1.29 is 14.3 Å². The van der Waals surface area contributed by atoms with E-state index in [1.165, 1.54) is 0 Å². The standard InChI is InChI=1S/C16H24N2O3.ClH/c1-20-8-9-21-14-6-3-5-13(10-14)18-16(19)15-7-2-4-12(15)11-17;/h3,5-6,10,12,15H,2,4,7-9,11,17H2,1H3,(H,18,19);1H/t12-,15-;/m1./s1. The fraction of sp³-hybridized carbons (Fsp3) is 0.562. The zero-order valence-electron chi connectivity index (χ0n) is 12.9. The first kappa shape index (κ1) is 18.7. The smallest absolute Gasteiger partial charge is 0.227 e. The van der Waals surface area contributed by atoms with Gasteiger partial charge in [0.2, 0.25) is 5.91 Å². The number of nitrogens with one attached hydrogen (secondary N) is 1. The average Bonchev–Trinajstić information content (AvgIpc) is 2.96. The van der Waals surface area contributed by atoms with Crippen LogP contribution in [0.3, 0.4) is 0 Å². The van der Waals surface area contributed by atoms with E-state index in [1.807, 2.05) is 24.3 Å². The third-order valence-corrected chi connectivity index (χ3v) is 3.96. The Kier molecular flexibility index (Phi) is 8.24. The summed E-state index contributed by atoms with van der Waals surface area (Å²) in [4.78, 5) is 12.3. The fourth-order valence-electron chi connectivity index (χ4n) is 2.81. The van der Waals surface area contributed by atoms with E-state index in [1.54, 1.807) is 7.11 Å². The van der Waals surface area contributed by atoms with Gasteiger partial charge in [0.1, 0.15) is 12.4 Å². The minimum absolute atomic E-state index is 0. The largest absolute Gasteiger partial charge is 0.491 e. The molecule has 0 heterocycles. The molecule has 124 valence electrons. The van der Waals surface area contributed by atoms with Gasteiger partial charge >= 0.3 is 0 Å². The molecule has 0 radical (unpaired) electrons. The molecule has 0 spiro atoms. The van der Waals surface area contributed by atoms with Crippen LogP contribution in [-0.2, 0) is 9.53 Å². The van der Waals surface area contributed by atoms with Crippen molar-refractivity contribution in [3.8, 4) is 5.75 Å². The summed E-state index contributed by atoms with van der Waals surface area (Å²) in [5.74, 6) is 1.14. The lowest BCUT2D eigenvalue weighted by Crippen LogP contribution is -2.29. The van der Waals surface area contributed by atoms with Crippen molar-refractivity contribution >= 4 is 24.0 Å². The number of carbonyl (C=O) groups is 1. The second-order valence-corrected chi connectivity index (χ2v) is 5.39. The Labute approximate surface area is 138 Å². The molecule has 6 heteroatoms. The molecular weight excluding hydrogens is 304 g/mol.